The maximum absolute atomic E-state index is 11.4. The lowest BCUT2D eigenvalue weighted by Gasteiger charge is -2.00. The summed E-state index contributed by atoms with van der Waals surface area (Å²) >= 11 is 1.12. The fraction of sp³-hybridized carbons (Fsp3) is 0.125. The Morgan fingerprint density at radius 3 is 2.88 bits per heavy atom. The van der Waals surface area contributed by atoms with Gasteiger partial charge in [0.05, 0.1) is 22.3 Å². The van der Waals surface area contributed by atoms with E-state index in [9.17, 15) is 15.2 Å². The summed E-state index contributed by atoms with van der Waals surface area (Å²) in [6.45, 7) is 3.11. The Morgan fingerprint density at radius 2 is 2.17 bits per heavy atom. The van der Waals surface area contributed by atoms with Crippen LogP contribution in [0.15, 0.2) is 34.6 Å². The highest BCUT2D eigenvalue weighted by atomic mass is 32.1. The van der Waals surface area contributed by atoms with Gasteiger partial charge in [0.25, 0.3) is 0 Å². The van der Waals surface area contributed by atoms with E-state index in [0.717, 1.165) is 11.5 Å². The molecule has 0 aliphatic heterocycles. The minimum absolute atomic E-state index is 0.0944. The molecule has 118 valence electrons. The predicted molar refractivity (Wildman–Crippen MR) is 89.2 cm³/mol. The number of aromatic nitrogens is 2. The molecule has 0 saturated heterocycles. The third-order valence-electron chi connectivity index (χ3n) is 3.42. The Kier molecular flexibility index (Phi) is 4.02. The average Bonchev–Trinajstić information content (AvgIpc) is 2.97. The van der Waals surface area contributed by atoms with Crippen molar-refractivity contribution in [1.29, 1.82) is 5.26 Å². The summed E-state index contributed by atoms with van der Waals surface area (Å²) in [7, 11) is 0. The number of pyridine rings is 1. The van der Waals surface area contributed by atoms with Gasteiger partial charge in [-0.3, -0.25) is 9.78 Å². The molecule has 1 aromatic carbocycles. The minimum atomic E-state index is -0.258. The number of phenolic OH excluding ortho intramolecular Hbond substituents is 1. The van der Waals surface area contributed by atoms with E-state index in [1.165, 1.54) is 19.1 Å². The van der Waals surface area contributed by atoms with Crippen molar-refractivity contribution in [3.63, 3.8) is 0 Å². The molecule has 0 aliphatic carbocycles. The summed E-state index contributed by atoms with van der Waals surface area (Å²) in [5, 5.41) is 28.2. The van der Waals surface area contributed by atoms with E-state index in [2.05, 4.69) is 25.7 Å². The maximum Gasteiger partial charge on any atom is 0.168 e. The number of hydrogen-bond donors (Lipinski definition) is 1. The van der Waals surface area contributed by atoms with Crippen LogP contribution >= 0.6 is 11.5 Å². The molecule has 3 rings (SSSR count). The first-order valence-electron chi connectivity index (χ1n) is 6.92. The van der Waals surface area contributed by atoms with Gasteiger partial charge in [0.1, 0.15) is 22.9 Å². The van der Waals surface area contributed by atoms with Crippen molar-refractivity contribution in [3.05, 3.63) is 41.2 Å². The van der Waals surface area contributed by atoms with Gasteiger partial charge in [-0.05, 0) is 43.6 Å². The molecule has 0 spiro atoms. The molecule has 0 bridgehead atoms. The van der Waals surface area contributed by atoms with Gasteiger partial charge in [0, 0.05) is 6.20 Å². The Morgan fingerprint density at radius 1 is 1.38 bits per heavy atom. The Labute approximate surface area is 141 Å². The summed E-state index contributed by atoms with van der Waals surface area (Å²) in [5.41, 5.74) is 2.21. The predicted octanol–water partition coefficient (Wildman–Crippen LogP) is 4.20. The molecular weight excluding hydrogens is 326 g/mol. The largest absolute Gasteiger partial charge is 0.507 e. The van der Waals surface area contributed by atoms with Crippen LogP contribution in [0.2, 0.25) is 0 Å². The molecule has 7 nitrogen and oxygen atoms in total. The van der Waals surface area contributed by atoms with Crippen LogP contribution in [0, 0.1) is 18.3 Å². The molecule has 0 fully saturated rings. The topological polar surface area (TPSA) is 112 Å². The zero-order valence-electron chi connectivity index (χ0n) is 12.8. The van der Waals surface area contributed by atoms with Gasteiger partial charge in [-0.2, -0.15) is 9.64 Å². The van der Waals surface area contributed by atoms with Crippen LogP contribution < -0.4 is 0 Å². The highest BCUT2D eigenvalue weighted by molar-refractivity contribution is 7.11. The second-order valence-corrected chi connectivity index (χ2v) is 5.79. The molecule has 0 saturated carbocycles. The summed E-state index contributed by atoms with van der Waals surface area (Å²) in [6.07, 6.45) is 1.61. The number of aryl methyl sites for hydroxylation is 1. The van der Waals surface area contributed by atoms with E-state index in [1.807, 2.05) is 0 Å². The lowest BCUT2D eigenvalue weighted by atomic mass is 10.1. The molecule has 1 N–H and O–H groups in total. The normalized spacial score (nSPS) is 11.0. The van der Waals surface area contributed by atoms with Crippen molar-refractivity contribution in [3.8, 4) is 11.8 Å². The summed E-state index contributed by atoms with van der Waals surface area (Å²) in [6, 6.07) is 6.51. The van der Waals surface area contributed by atoms with Gasteiger partial charge >= 0.3 is 0 Å². The van der Waals surface area contributed by atoms with E-state index in [-0.39, 0.29) is 17.1 Å². The van der Waals surface area contributed by atoms with Crippen molar-refractivity contribution >= 4 is 38.9 Å². The number of benzene rings is 1. The van der Waals surface area contributed by atoms with Gasteiger partial charge in [-0.1, -0.05) is 0 Å². The zero-order chi connectivity index (χ0) is 17.3. The lowest BCUT2D eigenvalue weighted by Crippen LogP contribution is -1.91. The molecule has 24 heavy (non-hydrogen) atoms. The number of Topliss-reactive ketones (excluding diaryl/α,β-unsaturated/α-hetero) is 1. The van der Waals surface area contributed by atoms with E-state index in [4.69, 9.17) is 0 Å². The van der Waals surface area contributed by atoms with E-state index < -0.39 is 0 Å². The van der Waals surface area contributed by atoms with Gasteiger partial charge in [-0.15, -0.1) is 10.2 Å². The van der Waals surface area contributed by atoms with Crippen molar-refractivity contribution in [2.45, 2.75) is 13.8 Å². The number of azo groups is 1. The second kappa shape index (κ2) is 6.14. The third kappa shape index (κ3) is 2.73. The van der Waals surface area contributed by atoms with Gasteiger partial charge in [0.15, 0.2) is 10.8 Å². The number of hydrogen-bond acceptors (Lipinski definition) is 8. The van der Waals surface area contributed by atoms with Crippen molar-refractivity contribution in [1.82, 2.24) is 9.36 Å². The third-order valence-corrected chi connectivity index (χ3v) is 4.17. The first-order valence-corrected chi connectivity index (χ1v) is 7.69. The zero-order valence-corrected chi connectivity index (χ0v) is 13.6. The number of ketones is 1. The minimum Gasteiger partial charge on any atom is -0.507 e. The number of carbonyl (C=O) groups is 1. The Bertz CT molecular complexity index is 1030. The number of rotatable bonds is 3. The smallest absolute Gasteiger partial charge is 0.168 e. The quantitative estimate of drug-likeness (QED) is 0.568. The molecule has 0 amide bonds. The highest BCUT2D eigenvalue weighted by Crippen LogP contribution is 2.34. The van der Waals surface area contributed by atoms with Crippen LogP contribution in [0.5, 0.6) is 5.75 Å². The van der Waals surface area contributed by atoms with Gasteiger partial charge in [0.2, 0.25) is 0 Å². The first-order chi connectivity index (χ1) is 11.5. The molecule has 0 radical (unpaired) electrons. The Hall–Kier alpha value is -3.18. The number of fused-ring (bicyclic) bond motifs is 1. The first kappa shape index (κ1) is 15.7. The monoisotopic (exact) mass is 337 g/mol. The summed E-state index contributed by atoms with van der Waals surface area (Å²) < 4.78 is 4.25. The average molecular weight is 337 g/mol. The fourth-order valence-electron chi connectivity index (χ4n) is 2.16. The molecular formula is C16H11N5O2S. The molecule has 0 aliphatic rings. The maximum atomic E-state index is 11.4. The molecule has 8 heteroatoms. The van der Waals surface area contributed by atoms with Crippen LogP contribution in [0.4, 0.5) is 10.7 Å². The molecule has 3 aromatic rings. The lowest BCUT2D eigenvalue weighted by molar-refractivity contribution is 0.101. The van der Waals surface area contributed by atoms with Crippen LogP contribution in [0.1, 0.15) is 28.5 Å². The van der Waals surface area contributed by atoms with E-state index in [0.29, 0.717) is 32.8 Å². The number of phenols is 1. The number of aromatic hydroxyl groups is 1. The van der Waals surface area contributed by atoms with Crippen molar-refractivity contribution in [2.24, 2.45) is 10.2 Å². The standard InChI is InChI=1S/C16H11N5O2S/c1-8-12(6-17)15-13(7-18-8)16(24-21-15)20-19-10-3-4-14(23)11(5-10)9(2)22/h3-5,7,23H,1-2H3. The van der Waals surface area contributed by atoms with Crippen LogP contribution in [0.3, 0.4) is 0 Å². The summed E-state index contributed by atoms with van der Waals surface area (Å²) in [4.78, 5) is 15.6. The highest BCUT2D eigenvalue weighted by Gasteiger charge is 2.13. The molecule has 2 aromatic heterocycles. The number of nitrogens with zero attached hydrogens (tertiary/aromatic N) is 5. The number of carbonyl (C=O) groups excluding carboxylic acids is 1. The van der Waals surface area contributed by atoms with Crippen LogP contribution in [-0.4, -0.2) is 20.2 Å². The van der Waals surface area contributed by atoms with Crippen molar-refractivity contribution < 1.29 is 9.90 Å². The molecule has 2 heterocycles. The second-order valence-electron chi connectivity index (χ2n) is 5.04. The van der Waals surface area contributed by atoms with Gasteiger partial charge < -0.3 is 5.11 Å². The van der Waals surface area contributed by atoms with Crippen LogP contribution in [-0.2, 0) is 0 Å². The van der Waals surface area contributed by atoms with Gasteiger partial charge in [-0.25, -0.2) is 0 Å². The van der Waals surface area contributed by atoms with Crippen molar-refractivity contribution in [2.75, 3.05) is 0 Å². The van der Waals surface area contributed by atoms with E-state index >= 15 is 0 Å². The molecule has 0 unspecified atom stereocenters. The SMILES string of the molecule is CC(=O)c1cc(N=Nc2snc3c(C#N)c(C)ncc23)ccc1O. The molecule has 0 atom stereocenters. The Balaban J connectivity index is 2.02. The summed E-state index contributed by atoms with van der Waals surface area (Å²) in [5.74, 6) is -0.353. The number of nitriles is 1. The van der Waals surface area contributed by atoms with E-state index in [1.54, 1.807) is 19.2 Å². The fourth-order valence-corrected chi connectivity index (χ4v) is 2.85. The van der Waals surface area contributed by atoms with Crippen LogP contribution in [0.25, 0.3) is 10.9 Å².